The van der Waals surface area contributed by atoms with E-state index in [9.17, 15) is 4.79 Å². The van der Waals surface area contributed by atoms with E-state index in [0.717, 1.165) is 8.66 Å². The summed E-state index contributed by atoms with van der Waals surface area (Å²) in [5, 5.41) is 10.2. The molecule has 7 heteroatoms. The van der Waals surface area contributed by atoms with Gasteiger partial charge >= 0.3 is 0 Å². The standard InChI is InChI=1S/C9H9BrN4OS/c10-8-2-1-7(16-8)5-11-9(15)6-14-4-3-12-13-14/h1-4H,5-6H2,(H,11,15). The molecule has 0 saturated carbocycles. The highest BCUT2D eigenvalue weighted by Crippen LogP contribution is 2.21. The van der Waals surface area contributed by atoms with Gasteiger partial charge in [-0.15, -0.1) is 16.4 Å². The van der Waals surface area contributed by atoms with Crippen molar-refractivity contribution in [3.63, 3.8) is 0 Å². The Hall–Kier alpha value is -1.21. The van der Waals surface area contributed by atoms with Gasteiger partial charge in [0.15, 0.2) is 0 Å². The number of rotatable bonds is 4. The van der Waals surface area contributed by atoms with E-state index in [2.05, 4.69) is 31.6 Å². The van der Waals surface area contributed by atoms with Crippen molar-refractivity contribution in [2.24, 2.45) is 0 Å². The van der Waals surface area contributed by atoms with E-state index >= 15 is 0 Å². The molecule has 0 aliphatic carbocycles. The summed E-state index contributed by atoms with van der Waals surface area (Å²) in [5.41, 5.74) is 0. The Morgan fingerprint density at radius 2 is 2.44 bits per heavy atom. The van der Waals surface area contributed by atoms with E-state index in [1.54, 1.807) is 23.7 Å². The highest BCUT2D eigenvalue weighted by atomic mass is 79.9. The molecule has 84 valence electrons. The monoisotopic (exact) mass is 300 g/mol. The lowest BCUT2D eigenvalue weighted by molar-refractivity contribution is -0.122. The van der Waals surface area contributed by atoms with E-state index in [4.69, 9.17) is 0 Å². The smallest absolute Gasteiger partial charge is 0.242 e. The van der Waals surface area contributed by atoms with Gasteiger partial charge in [0, 0.05) is 11.1 Å². The van der Waals surface area contributed by atoms with Crippen LogP contribution in [0, 0.1) is 0 Å². The van der Waals surface area contributed by atoms with Gasteiger partial charge in [0.2, 0.25) is 5.91 Å². The van der Waals surface area contributed by atoms with Gasteiger partial charge in [-0.05, 0) is 28.1 Å². The fraction of sp³-hybridized carbons (Fsp3) is 0.222. The highest BCUT2D eigenvalue weighted by Gasteiger charge is 2.04. The molecule has 0 bridgehead atoms. The number of halogens is 1. The van der Waals surface area contributed by atoms with Gasteiger partial charge in [0.25, 0.3) is 0 Å². The van der Waals surface area contributed by atoms with Crippen molar-refractivity contribution in [1.82, 2.24) is 20.3 Å². The number of amides is 1. The lowest BCUT2D eigenvalue weighted by Crippen LogP contribution is -2.27. The van der Waals surface area contributed by atoms with E-state index < -0.39 is 0 Å². The predicted octanol–water partition coefficient (Wildman–Crippen LogP) is 1.42. The second-order valence-electron chi connectivity index (χ2n) is 3.08. The maximum atomic E-state index is 11.5. The topological polar surface area (TPSA) is 59.8 Å². The van der Waals surface area contributed by atoms with E-state index in [1.165, 1.54) is 4.68 Å². The minimum absolute atomic E-state index is 0.0741. The van der Waals surface area contributed by atoms with E-state index in [0.29, 0.717) is 6.54 Å². The fourth-order valence-electron chi connectivity index (χ4n) is 1.15. The quantitative estimate of drug-likeness (QED) is 0.929. The molecule has 0 aliphatic heterocycles. The van der Waals surface area contributed by atoms with Crippen LogP contribution in [0.1, 0.15) is 4.88 Å². The molecule has 2 aromatic rings. The maximum absolute atomic E-state index is 11.5. The SMILES string of the molecule is O=C(Cn1ccnn1)NCc1ccc(Br)s1. The number of nitrogens with one attached hydrogen (secondary N) is 1. The lowest BCUT2D eigenvalue weighted by Gasteiger charge is -2.02. The lowest BCUT2D eigenvalue weighted by atomic mass is 10.4. The third kappa shape index (κ3) is 3.14. The molecule has 0 fully saturated rings. The number of hydrogen-bond acceptors (Lipinski definition) is 4. The molecule has 2 aromatic heterocycles. The third-order valence-corrected chi connectivity index (χ3v) is 3.49. The zero-order valence-electron chi connectivity index (χ0n) is 8.26. The summed E-state index contributed by atoms with van der Waals surface area (Å²) in [6.45, 7) is 0.746. The average molecular weight is 301 g/mol. The number of nitrogens with zero attached hydrogens (tertiary/aromatic N) is 3. The van der Waals surface area contributed by atoms with Crippen LogP contribution in [0.3, 0.4) is 0 Å². The predicted molar refractivity (Wildman–Crippen MR) is 63.9 cm³/mol. The second kappa shape index (κ2) is 5.22. The van der Waals surface area contributed by atoms with Crippen LogP contribution in [-0.4, -0.2) is 20.9 Å². The van der Waals surface area contributed by atoms with Crippen molar-refractivity contribution in [2.75, 3.05) is 0 Å². The van der Waals surface area contributed by atoms with Crippen LogP contribution in [0.5, 0.6) is 0 Å². The second-order valence-corrected chi connectivity index (χ2v) is 5.63. The van der Waals surface area contributed by atoms with Gasteiger partial charge in [-0.1, -0.05) is 5.21 Å². The maximum Gasteiger partial charge on any atom is 0.242 e. The van der Waals surface area contributed by atoms with Crippen LogP contribution in [0.2, 0.25) is 0 Å². The molecule has 1 amide bonds. The van der Waals surface area contributed by atoms with Gasteiger partial charge in [0.1, 0.15) is 6.54 Å². The molecule has 0 radical (unpaired) electrons. The summed E-state index contributed by atoms with van der Waals surface area (Å²) in [4.78, 5) is 12.6. The number of hydrogen-bond donors (Lipinski definition) is 1. The van der Waals surface area contributed by atoms with Crippen molar-refractivity contribution >= 4 is 33.2 Å². The van der Waals surface area contributed by atoms with Crippen LogP contribution in [-0.2, 0) is 17.9 Å². The molecule has 5 nitrogen and oxygen atoms in total. The third-order valence-electron chi connectivity index (χ3n) is 1.87. The van der Waals surface area contributed by atoms with Gasteiger partial charge in [-0.3, -0.25) is 4.79 Å². The van der Waals surface area contributed by atoms with Crippen molar-refractivity contribution in [1.29, 1.82) is 0 Å². The Morgan fingerprint density at radius 3 is 3.06 bits per heavy atom. The van der Waals surface area contributed by atoms with Gasteiger partial charge in [-0.25, -0.2) is 4.68 Å². The fourth-order valence-corrected chi connectivity index (χ4v) is 2.58. The number of carbonyl (C=O) groups is 1. The van der Waals surface area contributed by atoms with Crippen LogP contribution < -0.4 is 5.32 Å². The molecule has 1 N–H and O–H groups in total. The molecule has 0 atom stereocenters. The minimum atomic E-state index is -0.0741. The normalized spacial score (nSPS) is 10.3. The first-order chi connectivity index (χ1) is 7.74. The summed E-state index contributed by atoms with van der Waals surface area (Å²) < 4.78 is 2.55. The van der Waals surface area contributed by atoms with Gasteiger partial charge < -0.3 is 5.32 Å². The zero-order valence-corrected chi connectivity index (χ0v) is 10.7. The first-order valence-electron chi connectivity index (χ1n) is 4.59. The van der Waals surface area contributed by atoms with E-state index in [1.807, 2.05) is 12.1 Å². The van der Waals surface area contributed by atoms with Crippen molar-refractivity contribution in [3.05, 3.63) is 33.2 Å². The molecule has 0 aliphatic rings. The molecular formula is C9H9BrN4OS. The van der Waals surface area contributed by atoms with Gasteiger partial charge in [-0.2, -0.15) is 0 Å². The Balaban J connectivity index is 1.80. The van der Waals surface area contributed by atoms with Crippen LogP contribution >= 0.6 is 27.3 Å². The average Bonchev–Trinajstić information content (AvgIpc) is 2.87. The summed E-state index contributed by atoms with van der Waals surface area (Å²) >= 11 is 4.98. The number of aromatic nitrogens is 3. The first kappa shape index (κ1) is 11.3. The number of thiophene rings is 1. The molecule has 0 saturated heterocycles. The summed E-state index contributed by atoms with van der Waals surface area (Å²) in [7, 11) is 0. The molecule has 2 rings (SSSR count). The summed E-state index contributed by atoms with van der Waals surface area (Å²) in [6, 6.07) is 3.94. The molecular weight excluding hydrogens is 292 g/mol. The first-order valence-corrected chi connectivity index (χ1v) is 6.20. The summed E-state index contributed by atoms with van der Waals surface area (Å²) in [5.74, 6) is -0.0741. The molecule has 0 unspecified atom stereocenters. The Morgan fingerprint density at radius 1 is 1.56 bits per heavy atom. The van der Waals surface area contributed by atoms with Crippen molar-refractivity contribution in [3.8, 4) is 0 Å². The molecule has 0 aromatic carbocycles. The van der Waals surface area contributed by atoms with Crippen LogP contribution in [0.15, 0.2) is 28.3 Å². The minimum Gasteiger partial charge on any atom is -0.350 e. The largest absolute Gasteiger partial charge is 0.350 e. The molecule has 0 spiro atoms. The Bertz CT molecular complexity index is 468. The van der Waals surface area contributed by atoms with Crippen molar-refractivity contribution in [2.45, 2.75) is 13.1 Å². The van der Waals surface area contributed by atoms with Crippen LogP contribution in [0.25, 0.3) is 0 Å². The Labute approximate surface area is 105 Å². The van der Waals surface area contributed by atoms with Gasteiger partial charge in [0.05, 0.1) is 16.5 Å². The zero-order chi connectivity index (χ0) is 11.4. The summed E-state index contributed by atoms with van der Waals surface area (Å²) in [6.07, 6.45) is 3.20. The molecule has 2 heterocycles. The van der Waals surface area contributed by atoms with Crippen LogP contribution in [0.4, 0.5) is 0 Å². The van der Waals surface area contributed by atoms with Crippen molar-refractivity contribution < 1.29 is 4.79 Å². The highest BCUT2D eigenvalue weighted by molar-refractivity contribution is 9.11. The Kier molecular flexibility index (Phi) is 3.68. The molecule has 16 heavy (non-hydrogen) atoms. The number of carbonyl (C=O) groups excluding carboxylic acids is 1. The van der Waals surface area contributed by atoms with E-state index in [-0.39, 0.29) is 12.5 Å².